The minimum absolute atomic E-state index is 0.0387. The first-order valence-corrected chi connectivity index (χ1v) is 6.33. The van der Waals surface area contributed by atoms with Gasteiger partial charge in [0.15, 0.2) is 0 Å². The average Bonchev–Trinajstić information content (AvgIpc) is 2.47. The van der Waals surface area contributed by atoms with E-state index in [1.165, 1.54) is 18.2 Å². The Hall–Kier alpha value is -2.54. The van der Waals surface area contributed by atoms with Crippen LogP contribution >= 0.6 is 0 Å². The number of nitrogens with two attached hydrogens (primary N) is 1. The molecule has 102 valence electrons. The van der Waals surface area contributed by atoms with Crippen molar-refractivity contribution in [3.05, 3.63) is 58.9 Å². The molecule has 0 spiro atoms. The fourth-order valence-electron chi connectivity index (χ4n) is 1.86. The van der Waals surface area contributed by atoms with Crippen molar-refractivity contribution in [1.82, 2.24) is 0 Å². The van der Waals surface area contributed by atoms with Gasteiger partial charge in [-0.2, -0.15) is 5.26 Å². The van der Waals surface area contributed by atoms with Gasteiger partial charge in [0.05, 0.1) is 17.3 Å². The Morgan fingerprint density at radius 2 is 2.05 bits per heavy atom. The number of rotatable bonds is 4. The number of hydrogen-bond donors (Lipinski definition) is 1. The standard InChI is InChI=1S/C16H15FN2O/c1-2-11-4-6-16(15(19)8-11)20-10-13-7-12(9-18)3-5-14(13)17/h3-8H,2,10,19H2,1H3. The van der Waals surface area contributed by atoms with Crippen molar-refractivity contribution in [3.63, 3.8) is 0 Å². The van der Waals surface area contributed by atoms with Gasteiger partial charge in [0, 0.05) is 5.56 Å². The lowest BCUT2D eigenvalue weighted by Crippen LogP contribution is -2.02. The van der Waals surface area contributed by atoms with E-state index in [9.17, 15) is 4.39 Å². The highest BCUT2D eigenvalue weighted by molar-refractivity contribution is 5.54. The molecule has 0 atom stereocenters. The highest BCUT2D eigenvalue weighted by Crippen LogP contribution is 2.24. The fourth-order valence-corrected chi connectivity index (χ4v) is 1.86. The summed E-state index contributed by atoms with van der Waals surface area (Å²) in [4.78, 5) is 0. The number of nitriles is 1. The molecule has 0 aliphatic heterocycles. The van der Waals surface area contributed by atoms with Crippen LogP contribution < -0.4 is 10.5 Å². The summed E-state index contributed by atoms with van der Waals surface area (Å²) >= 11 is 0. The Balaban J connectivity index is 2.15. The Morgan fingerprint density at radius 3 is 2.70 bits per heavy atom. The van der Waals surface area contributed by atoms with E-state index in [0.29, 0.717) is 22.6 Å². The number of aryl methyl sites for hydroxylation is 1. The van der Waals surface area contributed by atoms with Gasteiger partial charge in [0.2, 0.25) is 0 Å². The molecule has 0 radical (unpaired) electrons. The van der Waals surface area contributed by atoms with Gasteiger partial charge in [-0.3, -0.25) is 0 Å². The van der Waals surface area contributed by atoms with Crippen LogP contribution in [0.15, 0.2) is 36.4 Å². The summed E-state index contributed by atoms with van der Waals surface area (Å²) in [6.07, 6.45) is 0.892. The summed E-state index contributed by atoms with van der Waals surface area (Å²) in [5.41, 5.74) is 8.27. The number of ether oxygens (including phenoxy) is 1. The van der Waals surface area contributed by atoms with Crippen LogP contribution in [0, 0.1) is 17.1 Å². The molecule has 2 rings (SSSR count). The third-order valence-electron chi connectivity index (χ3n) is 3.04. The normalized spacial score (nSPS) is 10.1. The van der Waals surface area contributed by atoms with E-state index in [-0.39, 0.29) is 6.61 Å². The summed E-state index contributed by atoms with van der Waals surface area (Å²) in [5.74, 6) is 0.122. The lowest BCUT2D eigenvalue weighted by molar-refractivity contribution is 0.301. The molecule has 0 unspecified atom stereocenters. The van der Waals surface area contributed by atoms with Crippen LogP contribution in [0.4, 0.5) is 10.1 Å². The number of benzene rings is 2. The molecule has 2 aromatic carbocycles. The lowest BCUT2D eigenvalue weighted by atomic mass is 10.1. The van der Waals surface area contributed by atoms with Crippen LogP contribution in [0.25, 0.3) is 0 Å². The van der Waals surface area contributed by atoms with Gasteiger partial charge in [0.25, 0.3) is 0 Å². The summed E-state index contributed by atoms with van der Waals surface area (Å²) in [6.45, 7) is 2.08. The first kappa shape index (κ1) is 13.9. The fraction of sp³-hybridized carbons (Fsp3) is 0.188. The predicted octanol–water partition coefficient (Wildman–Crippen LogP) is 3.42. The zero-order valence-corrected chi connectivity index (χ0v) is 11.2. The van der Waals surface area contributed by atoms with E-state index in [0.717, 1.165) is 12.0 Å². The molecule has 4 heteroatoms. The predicted molar refractivity (Wildman–Crippen MR) is 75.7 cm³/mol. The maximum Gasteiger partial charge on any atom is 0.142 e. The minimum Gasteiger partial charge on any atom is -0.487 e. The monoisotopic (exact) mass is 270 g/mol. The molecule has 0 aliphatic rings. The second-order valence-electron chi connectivity index (χ2n) is 4.43. The highest BCUT2D eigenvalue weighted by Gasteiger charge is 2.07. The van der Waals surface area contributed by atoms with E-state index in [2.05, 4.69) is 0 Å². The zero-order chi connectivity index (χ0) is 14.5. The largest absolute Gasteiger partial charge is 0.487 e. The van der Waals surface area contributed by atoms with E-state index in [4.69, 9.17) is 15.7 Å². The Labute approximate surface area is 117 Å². The van der Waals surface area contributed by atoms with Crippen LogP contribution in [0.3, 0.4) is 0 Å². The lowest BCUT2D eigenvalue weighted by Gasteiger charge is -2.10. The van der Waals surface area contributed by atoms with Crippen LogP contribution in [0.5, 0.6) is 5.75 Å². The molecule has 0 bridgehead atoms. The minimum atomic E-state index is -0.396. The van der Waals surface area contributed by atoms with Crippen molar-refractivity contribution < 1.29 is 9.13 Å². The summed E-state index contributed by atoms with van der Waals surface area (Å²) in [6, 6.07) is 11.7. The molecule has 0 aromatic heterocycles. The molecule has 0 fully saturated rings. The Kier molecular flexibility index (Phi) is 4.21. The van der Waals surface area contributed by atoms with Gasteiger partial charge >= 0.3 is 0 Å². The molecular formula is C16H15FN2O. The van der Waals surface area contributed by atoms with E-state index >= 15 is 0 Å². The first-order chi connectivity index (χ1) is 9.63. The Bertz CT molecular complexity index is 662. The molecule has 0 saturated carbocycles. The van der Waals surface area contributed by atoms with Gasteiger partial charge in [-0.15, -0.1) is 0 Å². The van der Waals surface area contributed by atoms with Crippen LogP contribution in [-0.4, -0.2) is 0 Å². The van der Waals surface area contributed by atoms with Crippen molar-refractivity contribution >= 4 is 5.69 Å². The number of halogens is 1. The van der Waals surface area contributed by atoms with Gasteiger partial charge in [-0.1, -0.05) is 13.0 Å². The molecule has 0 amide bonds. The summed E-state index contributed by atoms with van der Waals surface area (Å²) in [5, 5.41) is 8.81. The van der Waals surface area contributed by atoms with Crippen molar-refractivity contribution in [1.29, 1.82) is 5.26 Å². The summed E-state index contributed by atoms with van der Waals surface area (Å²) in [7, 11) is 0. The van der Waals surface area contributed by atoms with Crippen molar-refractivity contribution in [2.45, 2.75) is 20.0 Å². The van der Waals surface area contributed by atoms with Crippen molar-refractivity contribution in [3.8, 4) is 11.8 Å². The second kappa shape index (κ2) is 6.07. The van der Waals surface area contributed by atoms with Crippen LogP contribution in [0.1, 0.15) is 23.6 Å². The maximum absolute atomic E-state index is 13.6. The molecule has 2 N–H and O–H groups in total. The SMILES string of the molecule is CCc1ccc(OCc2cc(C#N)ccc2F)c(N)c1. The van der Waals surface area contributed by atoms with Gasteiger partial charge in [-0.25, -0.2) is 4.39 Å². The topological polar surface area (TPSA) is 59.0 Å². The van der Waals surface area contributed by atoms with Crippen molar-refractivity contribution in [2.75, 3.05) is 5.73 Å². The number of nitrogens with zero attached hydrogens (tertiary/aromatic N) is 1. The first-order valence-electron chi connectivity index (χ1n) is 6.33. The average molecular weight is 270 g/mol. The molecule has 0 heterocycles. The molecular weight excluding hydrogens is 255 g/mol. The van der Waals surface area contributed by atoms with E-state index in [1.807, 2.05) is 25.1 Å². The maximum atomic E-state index is 13.6. The molecule has 2 aromatic rings. The number of nitrogen functional groups attached to an aromatic ring is 1. The molecule has 3 nitrogen and oxygen atoms in total. The zero-order valence-electron chi connectivity index (χ0n) is 11.2. The number of hydrogen-bond acceptors (Lipinski definition) is 3. The second-order valence-corrected chi connectivity index (χ2v) is 4.43. The molecule has 0 aliphatic carbocycles. The Morgan fingerprint density at radius 1 is 1.25 bits per heavy atom. The van der Waals surface area contributed by atoms with Gasteiger partial charge in [-0.05, 0) is 42.3 Å². The third-order valence-corrected chi connectivity index (χ3v) is 3.04. The summed E-state index contributed by atoms with van der Waals surface area (Å²) < 4.78 is 19.1. The number of anilines is 1. The third kappa shape index (κ3) is 3.07. The van der Waals surface area contributed by atoms with Crippen molar-refractivity contribution in [2.24, 2.45) is 0 Å². The quantitative estimate of drug-likeness (QED) is 0.866. The van der Waals surface area contributed by atoms with Crippen LogP contribution in [-0.2, 0) is 13.0 Å². The van der Waals surface area contributed by atoms with E-state index < -0.39 is 5.82 Å². The van der Waals surface area contributed by atoms with Gasteiger partial charge < -0.3 is 10.5 Å². The highest BCUT2D eigenvalue weighted by atomic mass is 19.1. The van der Waals surface area contributed by atoms with Crippen LogP contribution in [0.2, 0.25) is 0 Å². The molecule has 0 saturated heterocycles. The smallest absolute Gasteiger partial charge is 0.142 e. The van der Waals surface area contributed by atoms with Gasteiger partial charge in [0.1, 0.15) is 18.2 Å². The van der Waals surface area contributed by atoms with E-state index in [1.54, 1.807) is 6.07 Å². The molecule has 20 heavy (non-hydrogen) atoms.